The molecule has 0 spiro atoms. The molecule has 0 aromatic heterocycles. The molecule has 0 unspecified atom stereocenters. The van der Waals surface area contributed by atoms with E-state index in [1.165, 1.54) is 0 Å². The van der Waals surface area contributed by atoms with Crippen molar-refractivity contribution >= 4 is 12.0 Å². The van der Waals surface area contributed by atoms with Gasteiger partial charge in [0.15, 0.2) is 0 Å². The highest BCUT2D eigenvalue weighted by Crippen LogP contribution is 2.22. The maximum Gasteiger partial charge on any atom is 0.409 e. The first-order valence-electron chi connectivity index (χ1n) is 6.42. The van der Waals surface area contributed by atoms with Crippen molar-refractivity contribution in [2.24, 2.45) is 5.92 Å². The van der Waals surface area contributed by atoms with Crippen LogP contribution in [0.2, 0.25) is 0 Å². The van der Waals surface area contributed by atoms with Crippen molar-refractivity contribution in [3.8, 4) is 0 Å². The Kier molecular flexibility index (Phi) is 3.86. The third-order valence-corrected chi connectivity index (χ3v) is 3.24. The van der Waals surface area contributed by atoms with Gasteiger partial charge in [0.2, 0.25) is 5.91 Å². The number of hydrogen-bond donors (Lipinski definition) is 1. The molecular weight excluding hydrogens is 220 g/mol. The third kappa shape index (κ3) is 3.35. The third-order valence-electron chi connectivity index (χ3n) is 3.24. The van der Waals surface area contributed by atoms with E-state index in [9.17, 15) is 9.59 Å². The Morgan fingerprint density at radius 1 is 1.35 bits per heavy atom. The van der Waals surface area contributed by atoms with Crippen molar-refractivity contribution in [3.63, 3.8) is 0 Å². The first kappa shape index (κ1) is 12.2. The molecule has 1 atom stereocenters. The molecule has 2 rings (SSSR count). The Morgan fingerprint density at radius 3 is 2.76 bits per heavy atom. The van der Waals surface area contributed by atoms with Crippen molar-refractivity contribution in [1.82, 2.24) is 10.2 Å². The van der Waals surface area contributed by atoms with Gasteiger partial charge in [0, 0.05) is 19.1 Å². The summed E-state index contributed by atoms with van der Waals surface area (Å²) in [5, 5.41) is 3.00. The van der Waals surface area contributed by atoms with Crippen LogP contribution in [0.1, 0.15) is 32.6 Å². The molecule has 2 amide bonds. The van der Waals surface area contributed by atoms with Gasteiger partial charge in [-0.15, -0.1) is 0 Å². The van der Waals surface area contributed by atoms with Gasteiger partial charge in [0.1, 0.15) is 0 Å². The van der Waals surface area contributed by atoms with Crippen LogP contribution in [0.15, 0.2) is 0 Å². The number of nitrogens with one attached hydrogen (secondary N) is 1. The Morgan fingerprint density at radius 2 is 2.12 bits per heavy atom. The highest BCUT2D eigenvalue weighted by Gasteiger charge is 2.32. The minimum absolute atomic E-state index is 0.0613. The lowest BCUT2D eigenvalue weighted by Gasteiger charge is -2.31. The first-order chi connectivity index (χ1) is 8.20. The van der Waals surface area contributed by atoms with E-state index in [0.717, 1.165) is 25.7 Å². The fourth-order valence-corrected chi connectivity index (χ4v) is 2.12. The van der Waals surface area contributed by atoms with E-state index in [-0.39, 0.29) is 17.9 Å². The fourth-order valence-electron chi connectivity index (χ4n) is 2.12. The van der Waals surface area contributed by atoms with Gasteiger partial charge in [0.05, 0.1) is 12.5 Å². The predicted molar refractivity (Wildman–Crippen MR) is 62.5 cm³/mol. The van der Waals surface area contributed by atoms with Crippen LogP contribution in [0.3, 0.4) is 0 Å². The zero-order valence-electron chi connectivity index (χ0n) is 10.3. The van der Waals surface area contributed by atoms with Crippen LogP contribution >= 0.6 is 0 Å². The molecule has 0 aromatic rings. The van der Waals surface area contributed by atoms with Gasteiger partial charge >= 0.3 is 6.09 Å². The summed E-state index contributed by atoms with van der Waals surface area (Å²) in [4.78, 5) is 25.1. The maximum atomic E-state index is 11.9. The Bertz CT molecular complexity index is 302. The van der Waals surface area contributed by atoms with Gasteiger partial charge in [-0.3, -0.25) is 4.79 Å². The molecule has 96 valence electrons. The zero-order chi connectivity index (χ0) is 12.3. The van der Waals surface area contributed by atoms with Gasteiger partial charge in [-0.05, 0) is 32.6 Å². The van der Waals surface area contributed by atoms with E-state index < -0.39 is 0 Å². The van der Waals surface area contributed by atoms with Crippen molar-refractivity contribution in [2.75, 3.05) is 19.7 Å². The van der Waals surface area contributed by atoms with Crippen molar-refractivity contribution in [2.45, 2.75) is 38.6 Å². The van der Waals surface area contributed by atoms with Crippen molar-refractivity contribution in [3.05, 3.63) is 0 Å². The van der Waals surface area contributed by atoms with Crippen LogP contribution in [-0.2, 0) is 9.53 Å². The normalized spacial score (nSPS) is 24.3. The van der Waals surface area contributed by atoms with E-state index in [2.05, 4.69) is 5.32 Å². The lowest BCUT2D eigenvalue weighted by molar-refractivity contribution is -0.126. The Hall–Kier alpha value is -1.26. The molecule has 0 aromatic carbocycles. The zero-order valence-corrected chi connectivity index (χ0v) is 10.3. The number of nitrogens with zero attached hydrogens (tertiary/aromatic N) is 1. The average molecular weight is 240 g/mol. The van der Waals surface area contributed by atoms with E-state index in [0.29, 0.717) is 25.7 Å². The summed E-state index contributed by atoms with van der Waals surface area (Å²) in [5.41, 5.74) is 0. The van der Waals surface area contributed by atoms with Gasteiger partial charge in [-0.25, -0.2) is 4.79 Å². The Labute approximate surface area is 101 Å². The van der Waals surface area contributed by atoms with E-state index in [1.54, 1.807) is 11.8 Å². The maximum absolute atomic E-state index is 11.9. The number of rotatable bonds is 3. The number of hydrogen-bond acceptors (Lipinski definition) is 3. The molecule has 5 nitrogen and oxygen atoms in total. The number of ether oxygens (including phenoxy) is 1. The van der Waals surface area contributed by atoms with Crippen LogP contribution < -0.4 is 5.32 Å². The number of amides is 2. The summed E-state index contributed by atoms with van der Waals surface area (Å²) in [6.07, 6.45) is 3.65. The van der Waals surface area contributed by atoms with E-state index in [1.807, 2.05) is 0 Å². The largest absolute Gasteiger partial charge is 0.450 e. The molecule has 1 saturated heterocycles. The standard InChI is InChI=1S/C12H20N2O3/c1-2-17-12(16)14-7-3-4-9(8-14)11(15)13-10-5-6-10/h9-10H,2-8H2,1H3,(H,13,15)/t9-/m1/s1. The minimum atomic E-state index is -0.295. The SMILES string of the molecule is CCOC(=O)N1CCC[C@@H](C(=O)NC2CC2)C1. The molecule has 17 heavy (non-hydrogen) atoms. The van der Waals surface area contributed by atoms with Crippen LogP contribution in [0, 0.1) is 5.92 Å². The summed E-state index contributed by atoms with van der Waals surface area (Å²) >= 11 is 0. The molecule has 1 saturated carbocycles. The summed E-state index contributed by atoms with van der Waals surface area (Å²) in [7, 11) is 0. The minimum Gasteiger partial charge on any atom is -0.450 e. The quantitative estimate of drug-likeness (QED) is 0.804. The first-order valence-corrected chi connectivity index (χ1v) is 6.42. The number of carbonyl (C=O) groups excluding carboxylic acids is 2. The molecule has 5 heteroatoms. The lowest BCUT2D eigenvalue weighted by Crippen LogP contribution is -2.46. The highest BCUT2D eigenvalue weighted by atomic mass is 16.6. The average Bonchev–Trinajstić information content (AvgIpc) is 3.13. The van der Waals surface area contributed by atoms with Crippen LogP contribution in [0.5, 0.6) is 0 Å². The fraction of sp³-hybridized carbons (Fsp3) is 0.833. The topological polar surface area (TPSA) is 58.6 Å². The number of likely N-dealkylation sites (tertiary alicyclic amines) is 1. The second-order valence-corrected chi connectivity index (χ2v) is 4.77. The highest BCUT2D eigenvalue weighted by molar-refractivity contribution is 5.80. The molecule has 1 N–H and O–H groups in total. The molecule has 2 fully saturated rings. The summed E-state index contributed by atoms with van der Waals surface area (Å²) < 4.78 is 4.96. The summed E-state index contributed by atoms with van der Waals surface area (Å²) in [6, 6.07) is 0.389. The predicted octanol–water partition coefficient (Wildman–Crippen LogP) is 1.13. The van der Waals surface area contributed by atoms with Crippen LogP contribution in [-0.4, -0.2) is 42.6 Å². The Balaban J connectivity index is 1.82. The van der Waals surface area contributed by atoms with Crippen LogP contribution in [0.4, 0.5) is 4.79 Å². The molecule has 2 aliphatic rings. The number of piperidine rings is 1. The van der Waals surface area contributed by atoms with E-state index in [4.69, 9.17) is 4.74 Å². The van der Waals surface area contributed by atoms with Gasteiger partial charge in [0.25, 0.3) is 0 Å². The molecule has 1 heterocycles. The second-order valence-electron chi connectivity index (χ2n) is 4.77. The van der Waals surface area contributed by atoms with Crippen molar-refractivity contribution < 1.29 is 14.3 Å². The van der Waals surface area contributed by atoms with Gasteiger partial charge < -0.3 is 15.0 Å². The van der Waals surface area contributed by atoms with E-state index >= 15 is 0 Å². The second kappa shape index (κ2) is 5.38. The molecule has 0 radical (unpaired) electrons. The molecule has 1 aliphatic carbocycles. The van der Waals surface area contributed by atoms with Crippen molar-refractivity contribution in [1.29, 1.82) is 0 Å². The number of carbonyl (C=O) groups is 2. The molecule has 0 bridgehead atoms. The molecule has 1 aliphatic heterocycles. The lowest BCUT2D eigenvalue weighted by atomic mass is 9.97. The summed E-state index contributed by atoms with van der Waals surface area (Å²) in [6.45, 7) is 3.37. The molecular formula is C12H20N2O3. The van der Waals surface area contributed by atoms with Crippen LogP contribution in [0.25, 0.3) is 0 Å². The van der Waals surface area contributed by atoms with Gasteiger partial charge in [-0.1, -0.05) is 0 Å². The monoisotopic (exact) mass is 240 g/mol. The summed E-state index contributed by atoms with van der Waals surface area (Å²) in [5.74, 6) is 0.0373. The smallest absolute Gasteiger partial charge is 0.409 e. The van der Waals surface area contributed by atoms with Gasteiger partial charge in [-0.2, -0.15) is 0 Å².